The topological polar surface area (TPSA) is 61.4 Å². The number of nitrogens with one attached hydrogen (secondary N) is 2. The Kier molecular flexibility index (Phi) is 6.41. The molecule has 5 nitrogen and oxygen atoms in total. The van der Waals surface area contributed by atoms with Gasteiger partial charge in [0.2, 0.25) is 11.8 Å². The predicted molar refractivity (Wildman–Crippen MR) is 97.1 cm³/mol. The molecule has 0 unspecified atom stereocenters. The lowest BCUT2D eigenvalue weighted by atomic mass is 9.95. The molecule has 0 saturated carbocycles. The Balaban J connectivity index is 1.82. The van der Waals surface area contributed by atoms with Crippen LogP contribution in [0.15, 0.2) is 18.2 Å². The quantitative estimate of drug-likeness (QED) is 0.857. The molecule has 2 amide bonds. The summed E-state index contributed by atoms with van der Waals surface area (Å²) in [6.07, 6.45) is 1.27. The molecule has 2 N–H and O–H groups in total. The van der Waals surface area contributed by atoms with E-state index in [9.17, 15) is 14.0 Å². The van der Waals surface area contributed by atoms with Crippen molar-refractivity contribution in [3.05, 3.63) is 29.0 Å². The number of anilines is 1. The number of benzene rings is 1. The van der Waals surface area contributed by atoms with Gasteiger partial charge in [0, 0.05) is 11.5 Å². The molecule has 1 fully saturated rings. The standard InChI is InChI=1S/C18H25ClFN3O2/c1-18(2,3)22-15(24)11-23-9-7-12(8-10-23)17(25)21-14-6-4-5-13(19)16(14)20/h4-6,12H,7-11H2,1-3H3,(H,21,25)(H,22,24). The first kappa shape index (κ1) is 19.7. The van der Waals surface area contributed by atoms with E-state index in [1.807, 2.05) is 25.7 Å². The molecule has 1 aliphatic rings. The van der Waals surface area contributed by atoms with Gasteiger partial charge in [-0.1, -0.05) is 17.7 Å². The van der Waals surface area contributed by atoms with Crippen molar-refractivity contribution in [2.24, 2.45) is 5.92 Å². The van der Waals surface area contributed by atoms with E-state index in [1.165, 1.54) is 12.1 Å². The largest absolute Gasteiger partial charge is 0.350 e. The van der Waals surface area contributed by atoms with Crippen molar-refractivity contribution < 1.29 is 14.0 Å². The number of likely N-dealkylation sites (tertiary alicyclic amines) is 1. The van der Waals surface area contributed by atoms with Gasteiger partial charge in [0.15, 0.2) is 5.82 Å². The molecule has 1 aromatic carbocycles. The zero-order valence-corrected chi connectivity index (χ0v) is 15.6. The highest BCUT2D eigenvalue weighted by Crippen LogP contribution is 2.24. The van der Waals surface area contributed by atoms with Gasteiger partial charge < -0.3 is 10.6 Å². The lowest BCUT2D eigenvalue weighted by Crippen LogP contribution is -2.48. The van der Waals surface area contributed by atoms with Gasteiger partial charge >= 0.3 is 0 Å². The molecule has 0 aromatic heterocycles. The Labute approximate surface area is 152 Å². The Morgan fingerprint density at radius 1 is 1.28 bits per heavy atom. The van der Waals surface area contributed by atoms with Crippen LogP contribution >= 0.6 is 11.6 Å². The second kappa shape index (κ2) is 8.15. The second-order valence-corrected chi connectivity index (χ2v) is 7.85. The van der Waals surface area contributed by atoms with E-state index >= 15 is 0 Å². The van der Waals surface area contributed by atoms with Crippen molar-refractivity contribution >= 4 is 29.1 Å². The van der Waals surface area contributed by atoms with Gasteiger partial charge in [0.05, 0.1) is 17.3 Å². The molecule has 2 rings (SSSR count). The molecule has 0 spiro atoms. The van der Waals surface area contributed by atoms with Gasteiger partial charge in [-0.2, -0.15) is 0 Å². The third kappa shape index (κ3) is 5.97. The molecule has 1 saturated heterocycles. The number of hydrogen-bond donors (Lipinski definition) is 2. The Morgan fingerprint density at radius 3 is 2.52 bits per heavy atom. The van der Waals surface area contributed by atoms with Crippen LogP contribution in [0.25, 0.3) is 0 Å². The summed E-state index contributed by atoms with van der Waals surface area (Å²) in [4.78, 5) is 26.3. The minimum atomic E-state index is -0.617. The van der Waals surface area contributed by atoms with Gasteiger partial charge in [-0.15, -0.1) is 0 Å². The van der Waals surface area contributed by atoms with Crippen LogP contribution in [0.4, 0.5) is 10.1 Å². The number of carbonyl (C=O) groups is 2. The molecule has 0 aliphatic carbocycles. The van der Waals surface area contributed by atoms with Crippen LogP contribution in [-0.4, -0.2) is 41.9 Å². The Hall–Kier alpha value is -1.66. The van der Waals surface area contributed by atoms with E-state index in [0.717, 1.165) is 0 Å². The summed E-state index contributed by atoms with van der Waals surface area (Å²) in [6.45, 7) is 7.47. The third-order valence-corrected chi connectivity index (χ3v) is 4.34. The van der Waals surface area contributed by atoms with Crippen molar-refractivity contribution in [1.29, 1.82) is 0 Å². The highest BCUT2D eigenvalue weighted by molar-refractivity contribution is 6.31. The Bertz CT molecular complexity index is 638. The lowest BCUT2D eigenvalue weighted by molar-refractivity contribution is -0.124. The number of rotatable bonds is 4. The lowest BCUT2D eigenvalue weighted by Gasteiger charge is -2.31. The van der Waals surface area contributed by atoms with Crippen molar-refractivity contribution in [3.8, 4) is 0 Å². The average molecular weight is 370 g/mol. The van der Waals surface area contributed by atoms with Crippen molar-refractivity contribution in [2.45, 2.75) is 39.2 Å². The van der Waals surface area contributed by atoms with E-state index in [-0.39, 0.29) is 34.0 Å². The fourth-order valence-corrected chi connectivity index (χ4v) is 3.02. The van der Waals surface area contributed by atoms with Crippen LogP contribution in [-0.2, 0) is 9.59 Å². The zero-order valence-electron chi connectivity index (χ0n) is 14.9. The normalized spacial score (nSPS) is 16.5. The molecular formula is C18H25ClFN3O2. The van der Waals surface area contributed by atoms with Gasteiger partial charge in [-0.05, 0) is 58.8 Å². The molecule has 7 heteroatoms. The maximum atomic E-state index is 13.9. The van der Waals surface area contributed by atoms with Crippen LogP contribution in [0.5, 0.6) is 0 Å². The number of halogens is 2. The predicted octanol–water partition coefficient (Wildman–Crippen LogP) is 3.04. The number of amides is 2. The molecule has 0 atom stereocenters. The van der Waals surface area contributed by atoms with Crippen molar-refractivity contribution in [2.75, 3.05) is 25.0 Å². The van der Waals surface area contributed by atoms with Crippen molar-refractivity contribution in [1.82, 2.24) is 10.2 Å². The summed E-state index contributed by atoms with van der Waals surface area (Å²) in [5, 5.41) is 5.53. The molecule has 25 heavy (non-hydrogen) atoms. The fraction of sp³-hybridized carbons (Fsp3) is 0.556. The van der Waals surface area contributed by atoms with Gasteiger partial charge in [-0.3, -0.25) is 14.5 Å². The van der Waals surface area contributed by atoms with Crippen LogP contribution in [0, 0.1) is 11.7 Å². The average Bonchev–Trinajstić information content (AvgIpc) is 2.50. The van der Waals surface area contributed by atoms with E-state index in [2.05, 4.69) is 10.6 Å². The molecule has 1 heterocycles. The Morgan fingerprint density at radius 2 is 1.92 bits per heavy atom. The van der Waals surface area contributed by atoms with Gasteiger partial charge in [0.25, 0.3) is 0 Å². The molecule has 1 aromatic rings. The number of piperidine rings is 1. The number of hydrogen-bond acceptors (Lipinski definition) is 3. The third-order valence-electron chi connectivity index (χ3n) is 4.05. The molecule has 0 bridgehead atoms. The summed E-state index contributed by atoms with van der Waals surface area (Å²) < 4.78 is 13.9. The number of nitrogens with zero attached hydrogens (tertiary/aromatic N) is 1. The summed E-state index contributed by atoms with van der Waals surface area (Å²) in [7, 11) is 0. The van der Waals surface area contributed by atoms with E-state index in [0.29, 0.717) is 32.5 Å². The second-order valence-electron chi connectivity index (χ2n) is 7.44. The van der Waals surface area contributed by atoms with Gasteiger partial charge in [0.1, 0.15) is 0 Å². The first-order valence-corrected chi connectivity index (χ1v) is 8.82. The van der Waals surface area contributed by atoms with Crippen LogP contribution < -0.4 is 10.6 Å². The first-order valence-electron chi connectivity index (χ1n) is 8.44. The summed E-state index contributed by atoms with van der Waals surface area (Å²) in [5.41, 5.74) is -0.152. The smallest absolute Gasteiger partial charge is 0.234 e. The molecular weight excluding hydrogens is 345 g/mol. The molecule has 138 valence electrons. The SMILES string of the molecule is CC(C)(C)NC(=O)CN1CCC(C(=O)Nc2cccc(Cl)c2F)CC1. The van der Waals surface area contributed by atoms with Crippen molar-refractivity contribution in [3.63, 3.8) is 0 Å². The monoisotopic (exact) mass is 369 g/mol. The van der Waals surface area contributed by atoms with E-state index < -0.39 is 5.82 Å². The summed E-state index contributed by atoms with van der Waals surface area (Å²) in [5.74, 6) is -1.04. The van der Waals surface area contributed by atoms with Gasteiger partial charge in [-0.25, -0.2) is 4.39 Å². The molecule has 0 radical (unpaired) electrons. The maximum absolute atomic E-state index is 13.9. The summed E-state index contributed by atoms with van der Waals surface area (Å²) >= 11 is 5.73. The minimum absolute atomic E-state index is 0.0162. The maximum Gasteiger partial charge on any atom is 0.234 e. The van der Waals surface area contributed by atoms with E-state index in [4.69, 9.17) is 11.6 Å². The fourth-order valence-electron chi connectivity index (χ4n) is 2.85. The summed E-state index contributed by atoms with van der Waals surface area (Å²) in [6, 6.07) is 4.52. The first-order chi connectivity index (χ1) is 11.7. The minimum Gasteiger partial charge on any atom is -0.350 e. The highest BCUT2D eigenvalue weighted by Gasteiger charge is 2.27. The molecule has 1 aliphatic heterocycles. The van der Waals surface area contributed by atoms with E-state index in [1.54, 1.807) is 6.07 Å². The zero-order chi connectivity index (χ0) is 18.6. The highest BCUT2D eigenvalue weighted by atomic mass is 35.5. The van der Waals surface area contributed by atoms with Crippen LogP contribution in [0.2, 0.25) is 5.02 Å². The van der Waals surface area contributed by atoms with Crippen LogP contribution in [0.1, 0.15) is 33.6 Å². The number of carbonyl (C=O) groups excluding carboxylic acids is 2. The van der Waals surface area contributed by atoms with Crippen LogP contribution in [0.3, 0.4) is 0 Å².